The standard InChI is InChI=1S/C19H34N2O3/c1-3-20-11-6-9-17(20)18-10-7-12-21(18)19(22)15(2)24-14-16-8-4-5-13-23-16/h15-18H,3-14H2,1-2H3/t15-,16-,17-,18+/m1/s1. The van der Waals surface area contributed by atoms with E-state index in [0.717, 1.165) is 45.4 Å². The van der Waals surface area contributed by atoms with E-state index in [1.807, 2.05) is 6.92 Å². The smallest absolute Gasteiger partial charge is 0.251 e. The Balaban J connectivity index is 1.52. The first kappa shape index (κ1) is 18.2. The van der Waals surface area contributed by atoms with Crippen molar-refractivity contribution in [2.75, 3.05) is 32.8 Å². The second-order valence-corrected chi connectivity index (χ2v) is 7.54. The molecule has 0 spiro atoms. The lowest BCUT2D eigenvalue weighted by molar-refractivity contribution is -0.148. The molecule has 3 saturated heterocycles. The van der Waals surface area contributed by atoms with Gasteiger partial charge in [0.1, 0.15) is 6.10 Å². The summed E-state index contributed by atoms with van der Waals surface area (Å²) in [6, 6.07) is 0.937. The summed E-state index contributed by atoms with van der Waals surface area (Å²) in [5, 5.41) is 0. The summed E-state index contributed by atoms with van der Waals surface area (Å²) < 4.78 is 11.6. The first-order valence-corrected chi connectivity index (χ1v) is 9.98. The average molecular weight is 338 g/mol. The first-order chi connectivity index (χ1) is 11.7. The van der Waals surface area contributed by atoms with Crippen molar-refractivity contribution in [1.29, 1.82) is 0 Å². The molecule has 0 saturated carbocycles. The zero-order valence-electron chi connectivity index (χ0n) is 15.4. The van der Waals surface area contributed by atoms with E-state index in [1.54, 1.807) is 0 Å². The third-order valence-electron chi connectivity index (χ3n) is 6.00. The molecular formula is C19H34N2O3. The van der Waals surface area contributed by atoms with E-state index in [4.69, 9.17) is 9.47 Å². The fourth-order valence-electron chi connectivity index (χ4n) is 4.64. The predicted molar refractivity (Wildman–Crippen MR) is 94.0 cm³/mol. The fourth-order valence-corrected chi connectivity index (χ4v) is 4.64. The summed E-state index contributed by atoms with van der Waals surface area (Å²) in [7, 11) is 0. The lowest BCUT2D eigenvalue weighted by Gasteiger charge is -2.35. The molecule has 24 heavy (non-hydrogen) atoms. The van der Waals surface area contributed by atoms with Crippen LogP contribution in [-0.4, -0.2) is 72.8 Å². The molecule has 4 atom stereocenters. The molecule has 0 unspecified atom stereocenters. The number of likely N-dealkylation sites (tertiary alicyclic amines) is 2. The van der Waals surface area contributed by atoms with Gasteiger partial charge in [-0.3, -0.25) is 9.69 Å². The van der Waals surface area contributed by atoms with Gasteiger partial charge < -0.3 is 14.4 Å². The van der Waals surface area contributed by atoms with Crippen LogP contribution in [-0.2, 0) is 14.3 Å². The minimum absolute atomic E-state index is 0.175. The fraction of sp³-hybridized carbons (Fsp3) is 0.947. The molecule has 3 aliphatic rings. The van der Waals surface area contributed by atoms with Crippen molar-refractivity contribution in [3.05, 3.63) is 0 Å². The molecule has 0 bridgehead atoms. The maximum absolute atomic E-state index is 12.9. The topological polar surface area (TPSA) is 42.0 Å². The molecule has 3 aliphatic heterocycles. The van der Waals surface area contributed by atoms with Gasteiger partial charge >= 0.3 is 0 Å². The molecule has 1 amide bonds. The summed E-state index contributed by atoms with van der Waals surface area (Å²) in [5.41, 5.74) is 0. The Morgan fingerprint density at radius 1 is 1.12 bits per heavy atom. The molecule has 0 aliphatic carbocycles. The normalized spacial score (nSPS) is 33.1. The number of carbonyl (C=O) groups excluding carboxylic acids is 1. The number of ether oxygens (including phenoxy) is 2. The van der Waals surface area contributed by atoms with Crippen LogP contribution in [0.15, 0.2) is 0 Å². The van der Waals surface area contributed by atoms with E-state index in [9.17, 15) is 4.79 Å². The third kappa shape index (κ3) is 4.12. The quantitative estimate of drug-likeness (QED) is 0.746. The van der Waals surface area contributed by atoms with Crippen molar-refractivity contribution >= 4 is 5.91 Å². The second-order valence-electron chi connectivity index (χ2n) is 7.54. The molecule has 138 valence electrons. The highest BCUT2D eigenvalue weighted by atomic mass is 16.5. The van der Waals surface area contributed by atoms with Gasteiger partial charge in [-0.15, -0.1) is 0 Å². The molecule has 3 rings (SSSR count). The van der Waals surface area contributed by atoms with E-state index in [0.29, 0.717) is 18.7 Å². The molecule has 3 fully saturated rings. The maximum Gasteiger partial charge on any atom is 0.251 e. The minimum Gasteiger partial charge on any atom is -0.376 e. The van der Waals surface area contributed by atoms with Gasteiger partial charge in [0.05, 0.1) is 12.7 Å². The highest BCUT2D eigenvalue weighted by Gasteiger charge is 2.40. The van der Waals surface area contributed by atoms with Gasteiger partial charge in [-0.2, -0.15) is 0 Å². The number of carbonyl (C=O) groups is 1. The average Bonchev–Trinajstić information content (AvgIpc) is 3.27. The number of hydrogen-bond donors (Lipinski definition) is 0. The largest absolute Gasteiger partial charge is 0.376 e. The van der Waals surface area contributed by atoms with E-state index in [2.05, 4.69) is 16.7 Å². The molecule has 0 aromatic rings. The first-order valence-electron chi connectivity index (χ1n) is 9.98. The van der Waals surface area contributed by atoms with Crippen LogP contribution in [0, 0.1) is 0 Å². The Morgan fingerprint density at radius 2 is 1.92 bits per heavy atom. The van der Waals surface area contributed by atoms with Crippen molar-refractivity contribution in [3.63, 3.8) is 0 Å². The minimum atomic E-state index is -0.354. The molecule has 0 N–H and O–H groups in total. The molecular weight excluding hydrogens is 304 g/mol. The van der Waals surface area contributed by atoms with Gasteiger partial charge in [0.25, 0.3) is 5.91 Å². The van der Waals surface area contributed by atoms with Crippen molar-refractivity contribution in [2.45, 2.75) is 83.1 Å². The zero-order chi connectivity index (χ0) is 16.9. The molecule has 5 nitrogen and oxygen atoms in total. The van der Waals surface area contributed by atoms with Gasteiger partial charge in [-0.05, 0) is 65.0 Å². The van der Waals surface area contributed by atoms with Gasteiger partial charge in [-0.25, -0.2) is 0 Å². The Hall–Kier alpha value is -0.650. The Kier molecular flexibility index (Phi) is 6.53. The van der Waals surface area contributed by atoms with Crippen molar-refractivity contribution in [1.82, 2.24) is 9.80 Å². The number of amides is 1. The highest BCUT2D eigenvalue weighted by Crippen LogP contribution is 2.30. The van der Waals surface area contributed by atoms with E-state index in [1.165, 1.54) is 25.8 Å². The molecule has 0 radical (unpaired) electrons. The van der Waals surface area contributed by atoms with Gasteiger partial charge in [-0.1, -0.05) is 6.92 Å². The number of rotatable bonds is 6. The van der Waals surface area contributed by atoms with Crippen molar-refractivity contribution in [3.8, 4) is 0 Å². The van der Waals surface area contributed by atoms with Gasteiger partial charge in [0.2, 0.25) is 0 Å². The van der Waals surface area contributed by atoms with Crippen LogP contribution in [0.4, 0.5) is 0 Å². The molecule has 0 aromatic carbocycles. The maximum atomic E-state index is 12.9. The summed E-state index contributed by atoms with van der Waals surface area (Å²) in [6.07, 6.45) is 8.00. The van der Waals surface area contributed by atoms with Crippen LogP contribution in [0.25, 0.3) is 0 Å². The molecule has 3 heterocycles. The zero-order valence-corrected chi connectivity index (χ0v) is 15.4. The lowest BCUT2D eigenvalue weighted by Crippen LogP contribution is -2.51. The van der Waals surface area contributed by atoms with E-state index < -0.39 is 0 Å². The Bertz CT molecular complexity index is 411. The molecule has 0 aromatic heterocycles. The summed E-state index contributed by atoms with van der Waals surface area (Å²) in [6.45, 7) is 8.70. The van der Waals surface area contributed by atoms with E-state index >= 15 is 0 Å². The van der Waals surface area contributed by atoms with Crippen molar-refractivity contribution in [2.24, 2.45) is 0 Å². The van der Waals surface area contributed by atoms with E-state index in [-0.39, 0.29) is 18.1 Å². The monoisotopic (exact) mass is 338 g/mol. The number of hydrogen-bond acceptors (Lipinski definition) is 4. The van der Waals surface area contributed by atoms with Gasteiger partial charge in [0.15, 0.2) is 0 Å². The van der Waals surface area contributed by atoms with Crippen LogP contribution in [0.1, 0.15) is 58.8 Å². The van der Waals surface area contributed by atoms with Crippen LogP contribution < -0.4 is 0 Å². The number of nitrogens with zero attached hydrogens (tertiary/aromatic N) is 2. The van der Waals surface area contributed by atoms with Gasteiger partial charge in [0, 0.05) is 25.2 Å². The van der Waals surface area contributed by atoms with Crippen LogP contribution >= 0.6 is 0 Å². The highest BCUT2D eigenvalue weighted by molar-refractivity contribution is 5.81. The Morgan fingerprint density at radius 3 is 2.67 bits per heavy atom. The van der Waals surface area contributed by atoms with Crippen LogP contribution in [0.5, 0.6) is 0 Å². The van der Waals surface area contributed by atoms with Crippen LogP contribution in [0.2, 0.25) is 0 Å². The Labute approximate surface area is 146 Å². The van der Waals surface area contributed by atoms with Crippen LogP contribution in [0.3, 0.4) is 0 Å². The predicted octanol–water partition coefficient (Wildman–Crippen LogP) is 2.44. The molecule has 5 heteroatoms. The summed E-state index contributed by atoms with van der Waals surface area (Å²) >= 11 is 0. The number of likely N-dealkylation sites (N-methyl/N-ethyl adjacent to an activating group) is 1. The summed E-state index contributed by atoms with van der Waals surface area (Å²) in [5.74, 6) is 0.177. The van der Waals surface area contributed by atoms with Crippen molar-refractivity contribution < 1.29 is 14.3 Å². The SMILES string of the molecule is CCN1CCC[C@@H]1[C@@H]1CCCN1C(=O)[C@@H](C)OC[C@H]1CCCCO1. The lowest BCUT2D eigenvalue weighted by atomic mass is 10.0. The summed E-state index contributed by atoms with van der Waals surface area (Å²) in [4.78, 5) is 17.6. The third-order valence-corrected chi connectivity index (χ3v) is 6.00. The second kappa shape index (κ2) is 8.63.